The van der Waals surface area contributed by atoms with Crippen LogP contribution in [0, 0.1) is 0 Å². The SMILES string of the molecule is c1ccc2cc(-c3nc(-c4ccc5c(c4)oc4ccccc45)nc(-c4cc(-n5c6cc7ccccc7cc6c6ccc7ccccc7c65)c5oc6ccc7ccccc7c6c5c4)n3)ccc2c1. The summed E-state index contributed by atoms with van der Waals surface area (Å²) in [5, 5.41) is 15.7. The van der Waals surface area contributed by atoms with Gasteiger partial charge in [-0.05, 0) is 92.3 Å². The summed E-state index contributed by atoms with van der Waals surface area (Å²) in [4.78, 5) is 16.0. The minimum atomic E-state index is 0.548. The normalized spacial score (nSPS) is 12.2. The van der Waals surface area contributed by atoms with Gasteiger partial charge in [-0.25, -0.2) is 15.0 Å². The molecular weight excluding hydrogens is 821 g/mol. The molecule has 6 heteroatoms. The van der Waals surface area contributed by atoms with Gasteiger partial charge >= 0.3 is 0 Å². The van der Waals surface area contributed by atoms with Crippen LogP contribution in [0.15, 0.2) is 215 Å². The zero-order chi connectivity index (χ0) is 43.7. The van der Waals surface area contributed by atoms with E-state index in [1.54, 1.807) is 0 Å². The summed E-state index contributed by atoms with van der Waals surface area (Å²) in [6, 6.07) is 72.8. The number of nitrogens with zero attached hydrogens (tertiary/aromatic N) is 4. The van der Waals surface area contributed by atoms with Gasteiger partial charge in [0.2, 0.25) is 0 Å². The molecule has 0 saturated carbocycles. The third-order valence-corrected chi connectivity index (χ3v) is 13.7. The van der Waals surface area contributed by atoms with Crippen molar-refractivity contribution < 1.29 is 8.83 Å². The fourth-order valence-electron chi connectivity index (χ4n) is 10.6. The van der Waals surface area contributed by atoms with Gasteiger partial charge in [0.1, 0.15) is 16.7 Å². The van der Waals surface area contributed by atoms with Crippen LogP contribution < -0.4 is 0 Å². The van der Waals surface area contributed by atoms with Crippen LogP contribution >= 0.6 is 0 Å². The fourth-order valence-corrected chi connectivity index (χ4v) is 10.6. The number of para-hydroxylation sites is 1. The summed E-state index contributed by atoms with van der Waals surface area (Å²) in [6.07, 6.45) is 0. The van der Waals surface area contributed by atoms with Gasteiger partial charge in [0.15, 0.2) is 23.1 Å². The Hall–Kier alpha value is -9.13. The second-order valence-corrected chi connectivity index (χ2v) is 17.5. The summed E-state index contributed by atoms with van der Waals surface area (Å²) in [6.45, 7) is 0. The number of hydrogen-bond acceptors (Lipinski definition) is 5. The lowest BCUT2D eigenvalue weighted by atomic mass is 10.0. The number of aromatic nitrogens is 4. The van der Waals surface area contributed by atoms with Crippen molar-refractivity contribution in [1.82, 2.24) is 19.5 Å². The molecule has 0 aliphatic heterocycles. The highest BCUT2D eigenvalue weighted by Crippen LogP contribution is 2.45. The van der Waals surface area contributed by atoms with Gasteiger partial charge in [0, 0.05) is 54.4 Å². The lowest BCUT2D eigenvalue weighted by Gasteiger charge is -2.14. The average Bonchev–Trinajstić information content (AvgIpc) is 4.07. The minimum Gasteiger partial charge on any atom is -0.456 e. The molecule has 4 aromatic heterocycles. The zero-order valence-electron chi connectivity index (χ0n) is 35.7. The molecule has 0 saturated heterocycles. The Labute approximate surface area is 381 Å². The van der Waals surface area contributed by atoms with E-state index in [9.17, 15) is 0 Å². The predicted octanol–water partition coefficient (Wildman–Crippen LogP) is 16.4. The largest absolute Gasteiger partial charge is 0.456 e. The van der Waals surface area contributed by atoms with Crippen LogP contribution in [0.2, 0.25) is 0 Å². The molecule has 0 fully saturated rings. The van der Waals surface area contributed by atoms with E-state index in [4.69, 9.17) is 23.8 Å². The van der Waals surface area contributed by atoms with Crippen LogP contribution in [0.25, 0.3) is 149 Å². The third kappa shape index (κ3) is 5.41. The van der Waals surface area contributed by atoms with Crippen LogP contribution in [-0.2, 0) is 0 Å². The van der Waals surface area contributed by atoms with E-state index >= 15 is 0 Å². The standard InChI is InChI=1S/C61H34N4O2/c1-2-14-38-29-41(22-21-35(38)11-1)59-62-60(42-24-26-47-46-19-9-10-20-53(46)66-55(47)34-42)64-61(63-59)43-31-50-56-44-17-7-5-12-36(44)25-28-54(56)67-58(50)52(33-43)65-51-32-40-16-4-3-15-39(40)30-49(51)48-27-23-37-13-6-8-18-45(37)57(48)65/h1-34H. The molecule has 310 valence electrons. The molecule has 15 aromatic rings. The highest BCUT2D eigenvalue weighted by atomic mass is 16.3. The van der Waals surface area contributed by atoms with Gasteiger partial charge in [-0.15, -0.1) is 0 Å². The lowest BCUT2D eigenvalue weighted by molar-refractivity contribution is 0.666. The van der Waals surface area contributed by atoms with E-state index < -0.39 is 0 Å². The average molecular weight is 855 g/mol. The van der Waals surface area contributed by atoms with Crippen LogP contribution in [0.4, 0.5) is 0 Å². The Kier molecular flexibility index (Phi) is 7.40. The first-order valence-electron chi connectivity index (χ1n) is 22.6. The minimum absolute atomic E-state index is 0.548. The Morgan fingerprint density at radius 2 is 0.881 bits per heavy atom. The molecule has 15 rings (SSSR count). The topological polar surface area (TPSA) is 69.9 Å². The van der Waals surface area contributed by atoms with Crippen LogP contribution in [0.1, 0.15) is 0 Å². The second kappa shape index (κ2) is 13.7. The van der Waals surface area contributed by atoms with Gasteiger partial charge in [-0.3, -0.25) is 0 Å². The molecule has 0 N–H and O–H groups in total. The first-order valence-corrected chi connectivity index (χ1v) is 22.6. The quantitative estimate of drug-likeness (QED) is 0.176. The van der Waals surface area contributed by atoms with E-state index in [0.717, 1.165) is 115 Å². The number of furan rings is 2. The molecule has 67 heavy (non-hydrogen) atoms. The van der Waals surface area contributed by atoms with Gasteiger partial charge in [0.25, 0.3) is 0 Å². The molecule has 0 aliphatic carbocycles. The molecule has 11 aromatic carbocycles. The van der Waals surface area contributed by atoms with Gasteiger partial charge in [0.05, 0.1) is 16.7 Å². The van der Waals surface area contributed by atoms with E-state index in [0.29, 0.717) is 17.5 Å². The molecule has 0 radical (unpaired) electrons. The lowest BCUT2D eigenvalue weighted by Crippen LogP contribution is -2.02. The van der Waals surface area contributed by atoms with Crippen LogP contribution in [0.3, 0.4) is 0 Å². The van der Waals surface area contributed by atoms with Crippen molar-refractivity contribution in [2.24, 2.45) is 0 Å². The van der Waals surface area contributed by atoms with Crippen LogP contribution in [0.5, 0.6) is 0 Å². The fraction of sp³-hybridized carbons (Fsp3) is 0. The van der Waals surface area contributed by atoms with E-state index in [2.05, 4.69) is 193 Å². The van der Waals surface area contributed by atoms with Crippen molar-refractivity contribution >= 4 is 109 Å². The summed E-state index contributed by atoms with van der Waals surface area (Å²) >= 11 is 0. The first-order chi connectivity index (χ1) is 33.2. The Balaban J connectivity index is 1.07. The van der Waals surface area contributed by atoms with Crippen molar-refractivity contribution in [2.75, 3.05) is 0 Å². The predicted molar refractivity (Wildman–Crippen MR) is 275 cm³/mol. The van der Waals surface area contributed by atoms with Crippen molar-refractivity contribution in [2.45, 2.75) is 0 Å². The van der Waals surface area contributed by atoms with Crippen molar-refractivity contribution in [3.05, 3.63) is 206 Å². The number of rotatable bonds is 4. The van der Waals surface area contributed by atoms with Gasteiger partial charge < -0.3 is 13.4 Å². The van der Waals surface area contributed by atoms with Gasteiger partial charge in [-0.1, -0.05) is 152 Å². The number of benzene rings is 11. The van der Waals surface area contributed by atoms with Crippen molar-refractivity contribution in [1.29, 1.82) is 0 Å². The molecule has 0 unspecified atom stereocenters. The van der Waals surface area contributed by atoms with E-state index in [-0.39, 0.29) is 0 Å². The van der Waals surface area contributed by atoms with E-state index in [1.807, 2.05) is 18.2 Å². The monoisotopic (exact) mass is 854 g/mol. The molecule has 4 heterocycles. The maximum atomic E-state index is 7.11. The summed E-state index contributed by atoms with van der Waals surface area (Å²) in [5.41, 5.74) is 8.88. The Morgan fingerprint density at radius 3 is 1.69 bits per heavy atom. The highest BCUT2D eigenvalue weighted by molar-refractivity contribution is 6.24. The Morgan fingerprint density at radius 1 is 0.313 bits per heavy atom. The second-order valence-electron chi connectivity index (χ2n) is 17.5. The van der Waals surface area contributed by atoms with Crippen molar-refractivity contribution in [3.63, 3.8) is 0 Å². The summed E-state index contributed by atoms with van der Waals surface area (Å²) in [7, 11) is 0. The molecule has 0 aliphatic rings. The van der Waals surface area contributed by atoms with Crippen molar-refractivity contribution in [3.8, 4) is 39.9 Å². The number of hydrogen-bond donors (Lipinski definition) is 0. The maximum Gasteiger partial charge on any atom is 0.164 e. The maximum absolute atomic E-state index is 7.11. The number of fused-ring (bicyclic) bond motifs is 15. The first kappa shape index (κ1) is 36.2. The molecule has 6 nitrogen and oxygen atoms in total. The molecule has 0 atom stereocenters. The molecule has 0 amide bonds. The third-order valence-electron chi connectivity index (χ3n) is 13.7. The molecule has 0 spiro atoms. The summed E-state index contributed by atoms with van der Waals surface area (Å²) in [5.74, 6) is 1.68. The smallest absolute Gasteiger partial charge is 0.164 e. The van der Waals surface area contributed by atoms with Gasteiger partial charge in [-0.2, -0.15) is 0 Å². The van der Waals surface area contributed by atoms with E-state index in [1.165, 1.54) is 16.2 Å². The van der Waals surface area contributed by atoms with Crippen LogP contribution in [-0.4, -0.2) is 19.5 Å². The zero-order valence-corrected chi connectivity index (χ0v) is 35.7. The molecular formula is C61H34N4O2. The molecule has 0 bridgehead atoms. The highest BCUT2D eigenvalue weighted by Gasteiger charge is 2.24. The Bertz CT molecular complexity index is 4590. The summed E-state index contributed by atoms with van der Waals surface area (Å²) < 4.78 is 15.9.